The van der Waals surface area contributed by atoms with Crippen molar-refractivity contribution >= 4 is 0 Å². The van der Waals surface area contributed by atoms with Crippen molar-refractivity contribution in [1.29, 1.82) is 0 Å². The molecule has 0 fully saturated rings. The molecule has 1 aromatic rings. The van der Waals surface area contributed by atoms with Crippen molar-refractivity contribution < 1.29 is 4.74 Å². The number of nitrogens with zero attached hydrogens (tertiary/aromatic N) is 2. The maximum Gasteiger partial charge on any atom is 0.0522 e. The van der Waals surface area contributed by atoms with Crippen LogP contribution in [0.3, 0.4) is 0 Å². The van der Waals surface area contributed by atoms with E-state index in [0.29, 0.717) is 6.54 Å². The highest BCUT2D eigenvalue weighted by Gasteiger charge is 1.96. The Balaban J connectivity index is 2.31. The third kappa shape index (κ3) is 3.57. The fraction of sp³-hybridized carbons (Fsp3) is 0.667. The highest BCUT2D eigenvalue weighted by atomic mass is 16.5. The summed E-state index contributed by atoms with van der Waals surface area (Å²) in [5, 5.41) is 4.21. The molecule has 0 amide bonds. The van der Waals surface area contributed by atoms with Crippen LogP contribution in [0.1, 0.15) is 12.0 Å². The van der Waals surface area contributed by atoms with E-state index in [1.807, 2.05) is 17.1 Å². The van der Waals surface area contributed by atoms with Gasteiger partial charge in [-0.05, 0) is 24.9 Å². The van der Waals surface area contributed by atoms with Crippen LogP contribution in [0.25, 0.3) is 0 Å². The summed E-state index contributed by atoms with van der Waals surface area (Å²) in [6.45, 7) is 2.38. The number of ether oxygens (including phenoxy) is 1. The minimum Gasteiger partial charge on any atom is -0.385 e. The van der Waals surface area contributed by atoms with E-state index in [4.69, 9.17) is 10.5 Å². The zero-order chi connectivity index (χ0) is 9.52. The Hall–Kier alpha value is -0.870. The Labute approximate surface area is 78.7 Å². The Morgan fingerprint density at radius 3 is 3.15 bits per heavy atom. The molecule has 13 heavy (non-hydrogen) atoms. The van der Waals surface area contributed by atoms with Crippen LogP contribution in [0.5, 0.6) is 0 Å². The zero-order valence-corrected chi connectivity index (χ0v) is 8.07. The summed E-state index contributed by atoms with van der Waals surface area (Å²) in [6.07, 6.45) is 5.83. The zero-order valence-electron chi connectivity index (χ0n) is 8.07. The molecule has 0 aliphatic heterocycles. The lowest BCUT2D eigenvalue weighted by Crippen LogP contribution is -2.03. The summed E-state index contributed by atoms with van der Waals surface area (Å²) in [4.78, 5) is 0. The van der Waals surface area contributed by atoms with Gasteiger partial charge in [-0.2, -0.15) is 5.10 Å². The minimum atomic E-state index is 0.684. The van der Waals surface area contributed by atoms with Crippen molar-refractivity contribution in [3.8, 4) is 0 Å². The van der Waals surface area contributed by atoms with Gasteiger partial charge in [-0.25, -0.2) is 0 Å². The van der Waals surface area contributed by atoms with E-state index in [9.17, 15) is 0 Å². The van der Waals surface area contributed by atoms with Gasteiger partial charge in [0.1, 0.15) is 0 Å². The van der Waals surface area contributed by atoms with Gasteiger partial charge in [0.05, 0.1) is 6.20 Å². The normalized spacial score (nSPS) is 10.6. The summed E-state index contributed by atoms with van der Waals surface area (Å²) in [7, 11) is 1.71. The van der Waals surface area contributed by atoms with E-state index in [2.05, 4.69) is 5.10 Å². The fourth-order valence-electron chi connectivity index (χ4n) is 1.20. The molecule has 0 spiro atoms. The van der Waals surface area contributed by atoms with Crippen LogP contribution in [0.2, 0.25) is 0 Å². The molecule has 4 heteroatoms. The number of rotatable bonds is 6. The van der Waals surface area contributed by atoms with Gasteiger partial charge >= 0.3 is 0 Å². The quantitative estimate of drug-likeness (QED) is 0.650. The maximum atomic E-state index is 5.43. The lowest BCUT2D eigenvalue weighted by Gasteiger charge is -1.99. The van der Waals surface area contributed by atoms with Gasteiger partial charge in [0.2, 0.25) is 0 Å². The molecule has 0 bridgehead atoms. The van der Waals surface area contributed by atoms with Crippen LogP contribution >= 0.6 is 0 Å². The predicted octanol–water partition coefficient (Wildman–Crippen LogP) is 0.421. The van der Waals surface area contributed by atoms with Crippen molar-refractivity contribution in [2.75, 3.05) is 20.3 Å². The second-order valence-corrected chi connectivity index (χ2v) is 3.00. The van der Waals surface area contributed by atoms with Crippen molar-refractivity contribution in [2.45, 2.75) is 19.4 Å². The van der Waals surface area contributed by atoms with Crippen molar-refractivity contribution in [1.82, 2.24) is 9.78 Å². The van der Waals surface area contributed by atoms with Crippen LogP contribution in [-0.4, -0.2) is 30.0 Å². The molecule has 1 heterocycles. The van der Waals surface area contributed by atoms with E-state index in [0.717, 1.165) is 26.0 Å². The second-order valence-electron chi connectivity index (χ2n) is 3.00. The number of aryl methyl sites for hydroxylation is 1. The number of methoxy groups -OCH3 is 1. The number of nitrogens with two attached hydrogens (primary N) is 1. The van der Waals surface area contributed by atoms with Gasteiger partial charge in [-0.3, -0.25) is 4.68 Å². The van der Waals surface area contributed by atoms with Crippen LogP contribution < -0.4 is 5.73 Å². The maximum absolute atomic E-state index is 5.43. The number of hydrogen-bond acceptors (Lipinski definition) is 3. The number of hydrogen-bond donors (Lipinski definition) is 1. The average molecular weight is 183 g/mol. The molecular formula is C9H17N3O. The molecule has 0 radical (unpaired) electrons. The van der Waals surface area contributed by atoms with Gasteiger partial charge < -0.3 is 10.5 Å². The molecule has 0 aliphatic carbocycles. The molecule has 0 unspecified atom stereocenters. The standard InChI is InChI=1S/C9H17N3O/c1-13-6-2-5-12-8-9(3-4-10)7-11-12/h7-8H,2-6,10H2,1H3. The Morgan fingerprint density at radius 2 is 2.46 bits per heavy atom. The summed E-state index contributed by atoms with van der Waals surface area (Å²) in [6, 6.07) is 0. The van der Waals surface area contributed by atoms with Gasteiger partial charge in [-0.1, -0.05) is 0 Å². The van der Waals surface area contributed by atoms with Gasteiger partial charge in [-0.15, -0.1) is 0 Å². The largest absolute Gasteiger partial charge is 0.385 e. The fourth-order valence-corrected chi connectivity index (χ4v) is 1.20. The molecule has 4 nitrogen and oxygen atoms in total. The third-order valence-electron chi connectivity index (χ3n) is 1.86. The van der Waals surface area contributed by atoms with Crippen LogP contribution in [-0.2, 0) is 17.7 Å². The lowest BCUT2D eigenvalue weighted by atomic mass is 10.3. The first kappa shape index (κ1) is 10.2. The molecule has 74 valence electrons. The smallest absolute Gasteiger partial charge is 0.0522 e. The molecular weight excluding hydrogens is 166 g/mol. The summed E-state index contributed by atoms with van der Waals surface area (Å²) in [5.74, 6) is 0. The summed E-state index contributed by atoms with van der Waals surface area (Å²) >= 11 is 0. The monoisotopic (exact) mass is 183 g/mol. The van der Waals surface area contributed by atoms with E-state index < -0.39 is 0 Å². The van der Waals surface area contributed by atoms with Crippen molar-refractivity contribution in [3.05, 3.63) is 18.0 Å². The van der Waals surface area contributed by atoms with Gasteiger partial charge in [0.15, 0.2) is 0 Å². The molecule has 0 aliphatic rings. The lowest BCUT2D eigenvalue weighted by molar-refractivity contribution is 0.189. The number of aromatic nitrogens is 2. The van der Waals surface area contributed by atoms with Gasteiger partial charge in [0, 0.05) is 26.5 Å². The van der Waals surface area contributed by atoms with Crippen LogP contribution in [0, 0.1) is 0 Å². The predicted molar refractivity (Wildman–Crippen MR) is 51.5 cm³/mol. The topological polar surface area (TPSA) is 53.1 Å². The van der Waals surface area contributed by atoms with E-state index >= 15 is 0 Å². The van der Waals surface area contributed by atoms with Crippen molar-refractivity contribution in [2.24, 2.45) is 5.73 Å². The molecule has 2 N–H and O–H groups in total. The first-order chi connectivity index (χ1) is 6.36. The first-order valence-electron chi connectivity index (χ1n) is 4.57. The van der Waals surface area contributed by atoms with Crippen LogP contribution in [0.15, 0.2) is 12.4 Å². The Morgan fingerprint density at radius 1 is 1.62 bits per heavy atom. The van der Waals surface area contributed by atoms with Crippen LogP contribution in [0.4, 0.5) is 0 Å². The van der Waals surface area contributed by atoms with E-state index in [1.165, 1.54) is 5.56 Å². The molecule has 1 aromatic heterocycles. The third-order valence-corrected chi connectivity index (χ3v) is 1.86. The van der Waals surface area contributed by atoms with Gasteiger partial charge in [0.25, 0.3) is 0 Å². The SMILES string of the molecule is COCCCn1cc(CCN)cn1. The first-order valence-corrected chi connectivity index (χ1v) is 4.57. The Bertz CT molecular complexity index is 235. The molecule has 0 saturated carbocycles. The average Bonchev–Trinajstić information content (AvgIpc) is 2.54. The highest BCUT2D eigenvalue weighted by Crippen LogP contribution is 1.98. The second kappa shape index (κ2) is 5.72. The van der Waals surface area contributed by atoms with E-state index in [1.54, 1.807) is 7.11 Å². The minimum absolute atomic E-state index is 0.684. The molecule has 0 saturated heterocycles. The molecule has 0 atom stereocenters. The molecule has 0 aromatic carbocycles. The van der Waals surface area contributed by atoms with Crippen molar-refractivity contribution in [3.63, 3.8) is 0 Å². The highest BCUT2D eigenvalue weighted by molar-refractivity contribution is 5.03. The Kier molecular flexibility index (Phi) is 4.49. The summed E-state index contributed by atoms with van der Waals surface area (Å²) in [5.41, 5.74) is 6.64. The summed E-state index contributed by atoms with van der Waals surface area (Å²) < 4.78 is 6.89. The molecule has 1 rings (SSSR count). The van der Waals surface area contributed by atoms with E-state index in [-0.39, 0.29) is 0 Å².